The van der Waals surface area contributed by atoms with Crippen molar-refractivity contribution in [2.45, 2.75) is 31.6 Å². The minimum atomic E-state index is -3.24. The first-order valence-corrected chi connectivity index (χ1v) is 10.2. The summed E-state index contributed by atoms with van der Waals surface area (Å²) in [5.74, 6) is -0.134. The lowest BCUT2D eigenvalue weighted by molar-refractivity contribution is -0.115. The summed E-state index contributed by atoms with van der Waals surface area (Å²) in [6.07, 6.45) is 2.73. The number of anilines is 1. The van der Waals surface area contributed by atoms with Gasteiger partial charge in [0.2, 0.25) is 5.91 Å². The lowest BCUT2D eigenvalue weighted by atomic mass is 10.1. The summed E-state index contributed by atoms with van der Waals surface area (Å²) in [5.41, 5.74) is 3.35. The Kier molecular flexibility index (Phi) is 5.13. The Morgan fingerprint density at radius 1 is 1.08 bits per heavy atom. The van der Waals surface area contributed by atoms with E-state index in [0.29, 0.717) is 5.69 Å². The third-order valence-electron chi connectivity index (χ3n) is 4.36. The van der Waals surface area contributed by atoms with Crippen LogP contribution in [0.3, 0.4) is 0 Å². The predicted octanol–water partition coefficient (Wildman–Crippen LogP) is 3.97. The van der Waals surface area contributed by atoms with E-state index in [1.807, 2.05) is 18.2 Å². The van der Waals surface area contributed by atoms with Crippen LogP contribution in [0.2, 0.25) is 0 Å². The van der Waals surface area contributed by atoms with Crippen molar-refractivity contribution in [3.05, 3.63) is 59.9 Å². The van der Waals surface area contributed by atoms with Crippen molar-refractivity contribution in [3.8, 4) is 0 Å². The van der Waals surface area contributed by atoms with Crippen LogP contribution < -0.4 is 5.32 Å². The molecule has 0 aliphatic heterocycles. The minimum absolute atomic E-state index is 0.0476. The van der Waals surface area contributed by atoms with Crippen LogP contribution in [0.1, 0.15) is 25.0 Å². The molecule has 0 unspecified atom stereocenters. The number of benzene rings is 2. The van der Waals surface area contributed by atoms with Crippen molar-refractivity contribution in [1.82, 2.24) is 0 Å². The molecular formula is C20H21NO4S. The van der Waals surface area contributed by atoms with Gasteiger partial charge in [0.25, 0.3) is 0 Å². The zero-order valence-electron chi connectivity index (χ0n) is 14.8. The molecule has 3 rings (SSSR count). The van der Waals surface area contributed by atoms with Crippen molar-refractivity contribution in [1.29, 1.82) is 0 Å². The standard InChI is InChI=1S/C20H21NO4S/c1-3-14-5-10-18-15(13-25-19(18)11-14)12-20(22)21-16-6-8-17(9-7-16)26(23,24)4-2/h5-11,13H,3-4,12H2,1-2H3,(H,21,22). The fraction of sp³-hybridized carbons (Fsp3) is 0.250. The molecule has 136 valence electrons. The van der Waals surface area contributed by atoms with Crippen LogP contribution >= 0.6 is 0 Å². The lowest BCUT2D eigenvalue weighted by Crippen LogP contribution is -2.14. The van der Waals surface area contributed by atoms with Gasteiger partial charge in [-0.25, -0.2) is 8.42 Å². The van der Waals surface area contributed by atoms with Crippen molar-refractivity contribution >= 4 is 32.4 Å². The van der Waals surface area contributed by atoms with E-state index in [2.05, 4.69) is 12.2 Å². The van der Waals surface area contributed by atoms with Crippen molar-refractivity contribution in [2.75, 3.05) is 11.1 Å². The Morgan fingerprint density at radius 2 is 1.81 bits per heavy atom. The molecule has 0 saturated heterocycles. The van der Waals surface area contributed by atoms with Gasteiger partial charge in [0, 0.05) is 16.6 Å². The second-order valence-electron chi connectivity index (χ2n) is 6.10. The first-order valence-electron chi connectivity index (χ1n) is 8.54. The molecule has 0 radical (unpaired) electrons. The second-order valence-corrected chi connectivity index (χ2v) is 8.38. The normalized spacial score (nSPS) is 11.6. The molecule has 0 saturated carbocycles. The van der Waals surface area contributed by atoms with Crippen LogP contribution in [0.4, 0.5) is 5.69 Å². The van der Waals surface area contributed by atoms with Gasteiger partial charge >= 0.3 is 0 Å². The van der Waals surface area contributed by atoms with Gasteiger partial charge in [0.05, 0.1) is 23.3 Å². The Balaban J connectivity index is 1.71. The lowest BCUT2D eigenvalue weighted by Gasteiger charge is -2.06. The van der Waals surface area contributed by atoms with Crippen LogP contribution in [0.5, 0.6) is 0 Å². The number of aryl methyl sites for hydroxylation is 1. The quantitative estimate of drug-likeness (QED) is 0.711. The summed E-state index contributed by atoms with van der Waals surface area (Å²) in [5, 5.41) is 3.72. The van der Waals surface area contributed by atoms with Gasteiger partial charge in [-0.2, -0.15) is 0 Å². The number of rotatable bonds is 6. The van der Waals surface area contributed by atoms with Gasteiger partial charge < -0.3 is 9.73 Å². The molecule has 0 atom stereocenters. The van der Waals surface area contributed by atoms with Crippen LogP contribution in [0, 0.1) is 0 Å². The minimum Gasteiger partial charge on any atom is -0.464 e. The number of hydrogen-bond acceptors (Lipinski definition) is 4. The van der Waals surface area contributed by atoms with Gasteiger partial charge in [-0.1, -0.05) is 26.0 Å². The molecule has 6 heteroatoms. The summed E-state index contributed by atoms with van der Waals surface area (Å²) in [6.45, 7) is 3.68. The molecule has 26 heavy (non-hydrogen) atoms. The SMILES string of the molecule is CCc1ccc2c(CC(=O)Nc3ccc(S(=O)(=O)CC)cc3)coc2c1. The number of sulfone groups is 1. The van der Waals surface area contributed by atoms with Gasteiger partial charge in [0.1, 0.15) is 5.58 Å². The van der Waals surface area contributed by atoms with E-state index < -0.39 is 9.84 Å². The summed E-state index contributed by atoms with van der Waals surface area (Å²) in [4.78, 5) is 12.6. The summed E-state index contributed by atoms with van der Waals surface area (Å²) in [7, 11) is -3.24. The molecule has 0 spiro atoms. The number of furan rings is 1. The van der Waals surface area contributed by atoms with E-state index >= 15 is 0 Å². The van der Waals surface area contributed by atoms with Gasteiger partial charge in [0.15, 0.2) is 9.84 Å². The molecule has 1 aromatic heterocycles. The van der Waals surface area contributed by atoms with Crippen molar-refractivity contribution < 1.29 is 17.6 Å². The van der Waals surface area contributed by atoms with Crippen LogP contribution in [-0.4, -0.2) is 20.1 Å². The van der Waals surface area contributed by atoms with Gasteiger partial charge in [-0.15, -0.1) is 0 Å². The molecule has 0 aliphatic rings. The van der Waals surface area contributed by atoms with Crippen LogP contribution in [-0.2, 0) is 27.5 Å². The maximum absolute atomic E-state index is 12.3. The van der Waals surface area contributed by atoms with Crippen LogP contribution in [0.15, 0.2) is 58.0 Å². The fourth-order valence-electron chi connectivity index (χ4n) is 2.77. The zero-order chi connectivity index (χ0) is 18.7. The summed E-state index contributed by atoms with van der Waals surface area (Å²) >= 11 is 0. The van der Waals surface area contributed by atoms with Gasteiger partial charge in [-0.3, -0.25) is 4.79 Å². The van der Waals surface area contributed by atoms with E-state index in [1.165, 1.54) is 17.7 Å². The van der Waals surface area contributed by atoms with E-state index in [4.69, 9.17) is 4.42 Å². The summed E-state index contributed by atoms with van der Waals surface area (Å²) in [6, 6.07) is 12.2. The number of nitrogens with one attached hydrogen (secondary N) is 1. The number of amides is 1. The third-order valence-corrected chi connectivity index (χ3v) is 6.11. The maximum atomic E-state index is 12.3. The highest BCUT2D eigenvalue weighted by molar-refractivity contribution is 7.91. The molecule has 5 nitrogen and oxygen atoms in total. The average molecular weight is 371 g/mol. The molecule has 3 aromatic rings. The van der Waals surface area contributed by atoms with Gasteiger partial charge in [-0.05, 0) is 42.3 Å². The van der Waals surface area contributed by atoms with E-state index in [9.17, 15) is 13.2 Å². The molecular weight excluding hydrogens is 350 g/mol. The molecule has 2 aromatic carbocycles. The molecule has 0 fully saturated rings. The fourth-order valence-corrected chi connectivity index (χ4v) is 3.66. The zero-order valence-corrected chi connectivity index (χ0v) is 15.6. The average Bonchev–Trinajstić information content (AvgIpc) is 3.04. The van der Waals surface area contributed by atoms with Crippen LogP contribution in [0.25, 0.3) is 11.0 Å². The van der Waals surface area contributed by atoms with Crippen molar-refractivity contribution in [3.63, 3.8) is 0 Å². The summed E-state index contributed by atoms with van der Waals surface area (Å²) < 4.78 is 29.2. The van der Waals surface area contributed by atoms with E-state index in [-0.39, 0.29) is 23.0 Å². The highest BCUT2D eigenvalue weighted by Crippen LogP contribution is 2.24. The third kappa shape index (κ3) is 3.80. The number of carbonyl (C=O) groups is 1. The highest BCUT2D eigenvalue weighted by Gasteiger charge is 2.13. The monoisotopic (exact) mass is 371 g/mol. The molecule has 1 N–H and O–H groups in total. The van der Waals surface area contributed by atoms with Crippen molar-refractivity contribution in [2.24, 2.45) is 0 Å². The Morgan fingerprint density at radius 3 is 2.46 bits per heavy atom. The second kappa shape index (κ2) is 7.33. The molecule has 1 heterocycles. The topological polar surface area (TPSA) is 76.4 Å². The Labute approximate surface area is 152 Å². The highest BCUT2D eigenvalue weighted by atomic mass is 32.2. The number of hydrogen-bond donors (Lipinski definition) is 1. The number of fused-ring (bicyclic) bond motifs is 1. The molecule has 1 amide bonds. The smallest absolute Gasteiger partial charge is 0.228 e. The molecule has 0 aliphatic carbocycles. The first-order chi connectivity index (χ1) is 12.4. The molecule has 0 bridgehead atoms. The Hall–Kier alpha value is -2.60. The number of carbonyl (C=O) groups excluding carboxylic acids is 1. The van der Waals surface area contributed by atoms with E-state index in [0.717, 1.165) is 23.0 Å². The largest absolute Gasteiger partial charge is 0.464 e. The predicted molar refractivity (Wildman–Crippen MR) is 102 cm³/mol. The Bertz CT molecular complexity index is 1030. The van der Waals surface area contributed by atoms with E-state index in [1.54, 1.807) is 25.3 Å². The first kappa shape index (κ1) is 18.2. The maximum Gasteiger partial charge on any atom is 0.228 e.